The first-order chi connectivity index (χ1) is 5.56. The molecule has 0 aliphatic carbocycles. The molecule has 0 aliphatic rings. The zero-order valence-electron chi connectivity index (χ0n) is 8.36. The van der Waals surface area contributed by atoms with Crippen LogP contribution in [0.1, 0.15) is 0 Å². The topological polar surface area (TPSA) is 9.23 Å². The summed E-state index contributed by atoms with van der Waals surface area (Å²) in [6.45, 7) is 1.93. The SMILES string of the molecule is COCC[N+](C)(C)C.F[B-](F)(F)F. The van der Waals surface area contributed by atoms with Crippen molar-refractivity contribution < 1.29 is 26.5 Å². The average molecular weight is 205 g/mol. The van der Waals surface area contributed by atoms with E-state index in [4.69, 9.17) is 4.74 Å². The summed E-state index contributed by atoms with van der Waals surface area (Å²) in [7, 11) is 2.19. The summed E-state index contributed by atoms with van der Waals surface area (Å²) in [6, 6.07) is 0. The molecule has 0 bridgehead atoms. The van der Waals surface area contributed by atoms with Crippen LogP contribution in [-0.2, 0) is 4.74 Å². The molecule has 0 amide bonds. The molecule has 0 aliphatic heterocycles. The fourth-order valence-corrected chi connectivity index (χ4v) is 0.365. The van der Waals surface area contributed by atoms with E-state index in [2.05, 4.69) is 21.1 Å². The minimum atomic E-state index is -6.00. The highest BCUT2D eigenvalue weighted by atomic mass is 19.5. The van der Waals surface area contributed by atoms with Gasteiger partial charge in [0.05, 0.1) is 27.7 Å². The van der Waals surface area contributed by atoms with Gasteiger partial charge in [-0.05, 0) is 0 Å². The minimum absolute atomic E-state index is 0.851. The maximum Gasteiger partial charge on any atom is 0.673 e. The summed E-state index contributed by atoms with van der Waals surface area (Å²) in [6.07, 6.45) is 0. The Bertz CT molecular complexity index is 117. The molecule has 0 radical (unpaired) electrons. The third-order valence-electron chi connectivity index (χ3n) is 0.966. The number of nitrogens with zero attached hydrogens (tertiary/aromatic N) is 1. The maximum absolute atomic E-state index is 9.75. The molecule has 0 saturated carbocycles. The smallest absolute Gasteiger partial charge is 0.418 e. The number of halogens is 4. The lowest BCUT2D eigenvalue weighted by molar-refractivity contribution is -0.870. The van der Waals surface area contributed by atoms with Gasteiger partial charge in [0, 0.05) is 7.11 Å². The highest BCUT2D eigenvalue weighted by Crippen LogP contribution is 2.06. The van der Waals surface area contributed by atoms with Crippen LogP contribution >= 0.6 is 0 Å². The number of ether oxygens (including phenoxy) is 1. The zero-order chi connectivity index (χ0) is 11.1. The van der Waals surface area contributed by atoms with E-state index >= 15 is 0 Å². The standard InChI is InChI=1S/C6H16NO.BF4/c1-7(2,3)5-6-8-4;2-1(3,4)5/h5-6H2,1-4H3;/q+1;-1. The lowest BCUT2D eigenvalue weighted by Crippen LogP contribution is -2.37. The Morgan fingerprint density at radius 3 is 1.46 bits per heavy atom. The van der Waals surface area contributed by atoms with Gasteiger partial charge in [-0.3, -0.25) is 0 Å². The molecular formula is C6H16BF4NO. The van der Waals surface area contributed by atoms with Crippen LogP contribution in [0.15, 0.2) is 0 Å². The summed E-state index contributed by atoms with van der Waals surface area (Å²) in [5.74, 6) is 0. The molecular weight excluding hydrogens is 189 g/mol. The Hall–Kier alpha value is -0.295. The molecule has 13 heavy (non-hydrogen) atoms. The van der Waals surface area contributed by atoms with E-state index in [0.29, 0.717) is 0 Å². The quantitative estimate of drug-likeness (QED) is 0.386. The van der Waals surface area contributed by atoms with Crippen LogP contribution in [0.4, 0.5) is 17.3 Å². The van der Waals surface area contributed by atoms with Crippen molar-refractivity contribution in [2.45, 2.75) is 0 Å². The van der Waals surface area contributed by atoms with Crippen LogP contribution in [0.25, 0.3) is 0 Å². The second kappa shape index (κ2) is 6.20. The van der Waals surface area contributed by atoms with Crippen LogP contribution in [0.5, 0.6) is 0 Å². The van der Waals surface area contributed by atoms with Crippen molar-refractivity contribution in [3.8, 4) is 0 Å². The predicted molar refractivity (Wildman–Crippen MR) is 45.0 cm³/mol. The molecule has 0 unspecified atom stereocenters. The van der Waals surface area contributed by atoms with Gasteiger partial charge in [-0.2, -0.15) is 0 Å². The van der Waals surface area contributed by atoms with E-state index in [1.807, 2.05) is 0 Å². The number of quaternary nitrogens is 1. The number of likely N-dealkylation sites (N-methyl/N-ethyl adjacent to an activating group) is 1. The molecule has 0 heterocycles. The minimum Gasteiger partial charge on any atom is -0.418 e. The Balaban J connectivity index is 0. The van der Waals surface area contributed by atoms with Gasteiger partial charge >= 0.3 is 7.25 Å². The van der Waals surface area contributed by atoms with Crippen LogP contribution in [0.3, 0.4) is 0 Å². The molecule has 0 spiro atoms. The molecule has 0 atom stereocenters. The lowest BCUT2D eigenvalue weighted by atomic mass is 10.3. The largest absolute Gasteiger partial charge is 0.673 e. The van der Waals surface area contributed by atoms with E-state index in [-0.39, 0.29) is 0 Å². The first-order valence-electron chi connectivity index (χ1n) is 3.73. The molecule has 7 heteroatoms. The molecule has 0 aromatic rings. The Labute approximate surface area is 76.2 Å². The fraction of sp³-hybridized carbons (Fsp3) is 1.00. The van der Waals surface area contributed by atoms with Gasteiger partial charge in [0.25, 0.3) is 0 Å². The van der Waals surface area contributed by atoms with Crippen molar-refractivity contribution in [1.29, 1.82) is 0 Å². The Morgan fingerprint density at radius 1 is 1.08 bits per heavy atom. The molecule has 0 fully saturated rings. The normalized spacial score (nSPS) is 12.0. The van der Waals surface area contributed by atoms with E-state index < -0.39 is 7.25 Å². The second-order valence-corrected chi connectivity index (χ2v) is 3.50. The molecule has 0 aromatic carbocycles. The van der Waals surface area contributed by atoms with Crippen molar-refractivity contribution in [3.63, 3.8) is 0 Å². The van der Waals surface area contributed by atoms with Gasteiger partial charge in [-0.15, -0.1) is 0 Å². The molecule has 0 rings (SSSR count). The molecule has 0 saturated heterocycles. The van der Waals surface area contributed by atoms with E-state index in [9.17, 15) is 17.3 Å². The number of methoxy groups -OCH3 is 1. The summed E-state index contributed by atoms with van der Waals surface area (Å²) in [5, 5.41) is 0. The fourth-order valence-electron chi connectivity index (χ4n) is 0.365. The van der Waals surface area contributed by atoms with Gasteiger partial charge in [-0.1, -0.05) is 0 Å². The van der Waals surface area contributed by atoms with Crippen LogP contribution < -0.4 is 0 Å². The maximum atomic E-state index is 9.75. The van der Waals surface area contributed by atoms with Gasteiger partial charge < -0.3 is 26.5 Å². The van der Waals surface area contributed by atoms with Crippen molar-refractivity contribution in [1.82, 2.24) is 0 Å². The van der Waals surface area contributed by atoms with Crippen molar-refractivity contribution >= 4 is 7.25 Å². The number of rotatable bonds is 3. The monoisotopic (exact) mass is 205 g/mol. The van der Waals surface area contributed by atoms with E-state index in [0.717, 1.165) is 17.6 Å². The van der Waals surface area contributed by atoms with Gasteiger partial charge in [0.1, 0.15) is 6.54 Å². The summed E-state index contributed by atoms with van der Waals surface area (Å²) in [4.78, 5) is 0. The second-order valence-electron chi connectivity index (χ2n) is 3.50. The van der Waals surface area contributed by atoms with Gasteiger partial charge in [0.15, 0.2) is 0 Å². The van der Waals surface area contributed by atoms with E-state index in [1.54, 1.807) is 7.11 Å². The first-order valence-corrected chi connectivity index (χ1v) is 3.73. The van der Waals surface area contributed by atoms with Gasteiger partial charge in [0.2, 0.25) is 0 Å². The van der Waals surface area contributed by atoms with Crippen LogP contribution in [-0.4, -0.2) is 53.1 Å². The predicted octanol–water partition coefficient (Wildman–Crippen LogP) is 1.64. The summed E-state index contributed by atoms with van der Waals surface area (Å²) >= 11 is 0. The third-order valence-corrected chi connectivity index (χ3v) is 0.966. The summed E-state index contributed by atoms with van der Waals surface area (Å²) in [5.41, 5.74) is 0. The van der Waals surface area contributed by atoms with Crippen molar-refractivity contribution in [3.05, 3.63) is 0 Å². The first kappa shape index (κ1) is 15.2. The number of hydrogen-bond acceptors (Lipinski definition) is 1. The lowest BCUT2D eigenvalue weighted by Gasteiger charge is -2.22. The van der Waals surface area contributed by atoms with E-state index in [1.165, 1.54) is 0 Å². The number of hydrogen-bond donors (Lipinski definition) is 0. The van der Waals surface area contributed by atoms with Crippen LogP contribution in [0.2, 0.25) is 0 Å². The molecule has 82 valence electrons. The Kier molecular flexibility index (Phi) is 7.25. The van der Waals surface area contributed by atoms with Crippen molar-refractivity contribution in [2.75, 3.05) is 41.4 Å². The van der Waals surface area contributed by atoms with Gasteiger partial charge in [-0.25, -0.2) is 0 Å². The average Bonchev–Trinajstić information content (AvgIpc) is 1.77. The van der Waals surface area contributed by atoms with Crippen molar-refractivity contribution in [2.24, 2.45) is 0 Å². The summed E-state index contributed by atoms with van der Waals surface area (Å²) < 4.78 is 44.9. The Morgan fingerprint density at radius 2 is 1.38 bits per heavy atom. The molecule has 2 nitrogen and oxygen atoms in total. The molecule has 0 N–H and O–H groups in total. The zero-order valence-corrected chi connectivity index (χ0v) is 8.36. The third kappa shape index (κ3) is 49.8. The van der Waals surface area contributed by atoms with Crippen LogP contribution in [0, 0.1) is 0 Å². The highest BCUT2D eigenvalue weighted by molar-refractivity contribution is 6.50. The highest BCUT2D eigenvalue weighted by Gasteiger charge is 2.20. The molecule has 0 aromatic heterocycles.